The minimum absolute atomic E-state index is 0.106. The van der Waals surface area contributed by atoms with E-state index in [2.05, 4.69) is 11.4 Å². The van der Waals surface area contributed by atoms with Crippen LogP contribution in [0.1, 0.15) is 26.7 Å². The second kappa shape index (κ2) is 16.9. The third-order valence-corrected chi connectivity index (χ3v) is 7.17. The second-order valence-electron chi connectivity index (χ2n) is 9.66. The minimum atomic E-state index is -0.220. The summed E-state index contributed by atoms with van der Waals surface area (Å²) in [5.41, 5.74) is 1.23. The molecule has 2 bridgehead atoms. The molecule has 4 atom stereocenters. The summed E-state index contributed by atoms with van der Waals surface area (Å²) in [6.45, 7) is 10.6. The van der Waals surface area contributed by atoms with Gasteiger partial charge in [0.25, 0.3) is 0 Å². The van der Waals surface area contributed by atoms with Crippen LogP contribution in [0.25, 0.3) is 0 Å². The van der Waals surface area contributed by atoms with Crippen LogP contribution >= 0.6 is 0 Å². The highest BCUT2D eigenvalue weighted by atomic mass is 16.6. The Balaban J connectivity index is 1.07. The van der Waals surface area contributed by atoms with Gasteiger partial charge in [0, 0.05) is 26.1 Å². The number of nitrogens with one attached hydrogen (secondary N) is 1. The van der Waals surface area contributed by atoms with Crippen molar-refractivity contribution in [2.24, 2.45) is 23.7 Å². The number of likely N-dealkylation sites (tertiary alicyclic amines) is 1. The highest BCUT2D eigenvalue weighted by Crippen LogP contribution is 2.55. The minimum Gasteiger partial charge on any atom is -0.379 e. The average molecular weight is 541 g/mol. The second-order valence-corrected chi connectivity index (χ2v) is 9.66. The van der Waals surface area contributed by atoms with Crippen LogP contribution in [0.3, 0.4) is 0 Å². The molecule has 0 radical (unpaired) electrons. The van der Waals surface area contributed by atoms with E-state index in [0.29, 0.717) is 85.8 Å². The lowest BCUT2D eigenvalue weighted by Gasteiger charge is -2.19. The molecular weight excluding hydrogens is 496 g/mol. The molecule has 1 saturated heterocycles. The van der Waals surface area contributed by atoms with E-state index in [1.807, 2.05) is 13.8 Å². The van der Waals surface area contributed by atoms with E-state index in [1.54, 1.807) is 0 Å². The molecule has 38 heavy (non-hydrogen) atoms. The topological polar surface area (TPSA) is 122 Å². The first kappa shape index (κ1) is 30.6. The van der Waals surface area contributed by atoms with Crippen molar-refractivity contribution in [1.29, 1.82) is 0 Å². The van der Waals surface area contributed by atoms with Gasteiger partial charge in [-0.15, -0.1) is 0 Å². The van der Waals surface area contributed by atoms with E-state index < -0.39 is 0 Å². The molecule has 0 spiro atoms. The maximum Gasteiger partial charge on any atom is 0.233 e. The van der Waals surface area contributed by atoms with Gasteiger partial charge in [-0.2, -0.15) is 0 Å². The van der Waals surface area contributed by atoms with E-state index in [-0.39, 0.29) is 54.4 Å². The van der Waals surface area contributed by atoms with Gasteiger partial charge in [-0.1, -0.05) is 11.6 Å². The zero-order valence-corrected chi connectivity index (χ0v) is 22.8. The van der Waals surface area contributed by atoms with Crippen molar-refractivity contribution in [2.75, 3.05) is 92.4 Å². The van der Waals surface area contributed by atoms with Gasteiger partial charge >= 0.3 is 0 Å². The van der Waals surface area contributed by atoms with Crippen molar-refractivity contribution in [3.63, 3.8) is 0 Å². The Hall–Kier alpha value is -1.89. The molecule has 3 rings (SSSR count). The van der Waals surface area contributed by atoms with Crippen molar-refractivity contribution in [3.8, 4) is 0 Å². The van der Waals surface area contributed by atoms with E-state index in [4.69, 9.17) is 28.4 Å². The number of nitrogens with zero attached hydrogens (tertiary/aromatic N) is 1. The van der Waals surface area contributed by atoms with Crippen molar-refractivity contribution >= 4 is 17.7 Å². The van der Waals surface area contributed by atoms with Gasteiger partial charge < -0.3 is 33.7 Å². The summed E-state index contributed by atoms with van der Waals surface area (Å²) in [7, 11) is 0. The van der Waals surface area contributed by atoms with Crippen molar-refractivity contribution in [1.82, 2.24) is 10.2 Å². The first-order valence-corrected chi connectivity index (χ1v) is 13.8. The zero-order chi connectivity index (χ0) is 27.2. The molecule has 1 aliphatic heterocycles. The highest BCUT2D eigenvalue weighted by Gasteiger charge is 2.60. The van der Waals surface area contributed by atoms with Gasteiger partial charge in [0.1, 0.15) is 0 Å². The Morgan fingerprint density at radius 1 is 0.816 bits per heavy atom. The van der Waals surface area contributed by atoms with E-state index in [0.717, 1.165) is 6.42 Å². The van der Waals surface area contributed by atoms with E-state index in [9.17, 15) is 14.4 Å². The SMILES string of the molecule is CCOCCOCCOCCOCCOCCOCCNC(=O)CCN1C(=O)C2C3C=C(C)C(C3)C2C1=O. The summed E-state index contributed by atoms with van der Waals surface area (Å²) in [6.07, 6.45) is 3.16. The number of rotatable bonds is 22. The maximum absolute atomic E-state index is 12.8. The number of fused-ring (bicyclic) bond motifs is 5. The Labute approximate surface area is 225 Å². The summed E-state index contributed by atoms with van der Waals surface area (Å²) >= 11 is 0. The Morgan fingerprint density at radius 3 is 1.87 bits per heavy atom. The fraction of sp³-hybridized carbons (Fsp3) is 0.815. The number of ether oxygens (including phenoxy) is 6. The number of hydrogen-bond acceptors (Lipinski definition) is 9. The molecule has 4 unspecified atom stereocenters. The summed E-state index contributed by atoms with van der Waals surface area (Å²) in [5.74, 6) is -0.479. The fourth-order valence-electron chi connectivity index (χ4n) is 5.36. The smallest absolute Gasteiger partial charge is 0.233 e. The molecule has 0 aromatic carbocycles. The van der Waals surface area contributed by atoms with Crippen molar-refractivity contribution in [3.05, 3.63) is 11.6 Å². The van der Waals surface area contributed by atoms with Crippen LogP contribution < -0.4 is 5.32 Å². The molecule has 216 valence electrons. The van der Waals surface area contributed by atoms with Gasteiger partial charge in [-0.3, -0.25) is 19.3 Å². The normalized spacial score (nSPS) is 23.8. The van der Waals surface area contributed by atoms with Crippen LogP contribution in [-0.4, -0.2) is 115 Å². The van der Waals surface area contributed by atoms with Crippen LogP contribution in [0.2, 0.25) is 0 Å². The van der Waals surface area contributed by atoms with E-state index in [1.165, 1.54) is 10.5 Å². The predicted molar refractivity (Wildman–Crippen MR) is 137 cm³/mol. The molecule has 0 aromatic rings. The monoisotopic (exact) mass is 540 g/mol. The van der Waals surface area contributed by atoms with Gasteiger partial charge in [-0.05, 0) is 32.1 Å². The zero-order valence-electron chi connectivity index (χ0n) is 22.8. The fourth-order valence-corrected chi connectivity index (χ4v) is 5.36. The van der Waals surface area contributed by atoms with Crippen LogP contribution in [-0.2, 0) is 42.8 Å². The summed E-state index contributed by atoms with van der Waals surface area (Å²) < 4.78 is 32.2. The number of allylic oxidation sites excluding steroid dienone is 2. The summed E-state index contributed by atoms with van der Waals surface area (Å²) in [4.78, 5) is 39.0. The third kappa shape index (κ3) is 9.10. The van der Waals surface area contributed by atoms with Gasteiger partial charge in [0.15, 0.2) is 0 Å². The third-order valence-electron chi connectivity index (χ3n) is 7.17. The largest absolute Gasteiger partial charge is 0.379 e. The summed E-state index contributed by atoms with van der Waals surface area (Å²) in [6, 6.07) is 0. The molecule has 11 nitrogen and oxygen atoms in total. The molecule has 1 heterocycles. The number of carbonyl (C=O) groups excluding carboxylic acids is 3. The van der Waals surface area contributed by atoms with Crippen LogP contribution in [0, 0.1) is 23.7 Å². The maximum atomic E-state index is 12.8. The lowest BCUT2D eigenvalue weighted by atomic mass is 9.82. The average Bonchev–Trinajstić information content (AvgIpc) is 3.54. The van der Waals surface area contributed by atoms with Gasteiger partial charge in [0.05, 0.1) is 84.5 Å². The molecule has 0 aromatic heterocycles. The number of hydrogen-bond donors (Lipinski definition) is 1. The number of imide groups is 1. The molecule has 2 fully saturated rings. The first-order valence-electron chi connectivity index (χ1n) is 13.8. The lowest BCUT2D eigenvalue weighted by molar-refractivity contribution is -0.141. The Bertz CT molecular complexity index is 791. The van der Waals surface area contributed by atoms with Gasteiger partial charge in [0.2, 0.25) is 17.7 Å². The molecule has 3 amide bonds. The standard InChI is InChI=1S/C27H44N2O9/c1-3-33-8-9-35-12-13-37-16-17-38-15-14-36-11-10-34-7-5-28-23(30)4-6-29-26(31)24-21-18-20(2)22(19-21)25(24)27(29)32/h18,21-22,24-25H,3-17,19H2,1-2H3,(H,28,30). The Kier molecular flexibility index (Phi) is 13.7. The van der Waals surface area contributed by atoms with E-state index >= 15 is 0 Å². The van der Waals surface area contributed by atoms with Crippen molar-refractivity contribution < 1.29 is 42.8 Å². The Morgan fingerprint density at radius 2 is 1.32 bits per heavy atom. The number of carbonyl (C=O) groups is 3. The predicted octanol–water partition coefficient (Wildman–Crippen LogP) is 0.809. The molecule has 2 aliphatic carbocycles. The van der Waals surface area contributed by atoms with Gasteiger partial charge in [-0.25, -0.2) is 0 Å². The quantitative estimate of drug-likeness (QED) is 0.121. The van der Waals surface area contributed by atoms with Crippen LogP contribution in [0.15, 0.2) is 11.6 Å². The first-order chi connectivity index (χ1) is 18.5. The molecule has 1 N–H and O–H groups in total. The molecule has 11 heteroatoms. The van der Waals surface area contributed by atoms with Crippen molar-refractivity contribution in [2.45, 2.75) is 26.7 Å². The summed E-state index contributed by atoms with van der Waals surface area (Å²) in [5, 5.41) is 2.77. The molecule has 1 saturated carbocycles. The lowest BCUT2D eigenvalue weighted by Crippen LogP contribution is -2.37. The molecule has 3 aliphatic rings. The highest BCUT2D eigenvalue weighted by molar-refractivity contribution is 6.06. The molecular formula is C27H44N2O9. The van der Waals surface area contributed by atoms with Crippen LogP contribution in [0.5, 0.6) is 0 Å². The van der Waals surface area contributed by atoms with Crippen LogP contribution in [0.4, 0.5) is 0 Å². The number of amides is 3.